The molecule has 7 atom stereocenters. The molecule has 0 bridgehead atoms. The summed E-state index contributed by atoms with van der Waals surface area (Å²) in [5.74, 6) is 6.24. The molecule has 0 aliphatic heterocycles. The highest BCUT2D eigenvalue weighted by Gasteiger charge is 2.40. The van der Waals surface area contributed by atoms with E-state index >= 15 is 0 Å². The maximum Gasteiger partial charge on any atom is 0.0655 e. The SMILES string of the molecule is CCCCCC1CCC(C2CCC3CC(C#N)CCC3C2)C(C)C1. The molecule has 0 spiro atoms. The lowest BCUT2D eigenvalue weighted by molar-refractivity contribution is 0.0443. The second-order valence-corrected chi connectivity index (χ2v) is 9.55. The van der Waals surface area contributed by atoms with Gasteiger partial charge in [0.2, 0.25) is 0 Å². The first-order valence-electron chi connectivity index (χ1n) is 11.1. The number of fused-ring (bicyclic) bond motifs is 1. The summed E-state index contributed by atoms with van der Waals surface area (Å²) in [4.78, 5) is 0. The molecule has 1 nitrogen and oxygen atoms in total. The van der Waals surface area contributed by atoms with Crippen LogP contribution in [0.4, 0.5) is 0 Å². The lowest BCUT2D eigenvalue weighted by Gasteiger charge is -2.46. The number of hydrogen-bond donors (Lipinski definition) is 0. The predicted octanol–water partition coefficient (Wildman–Crippen LogP) is 6.98. The van der Waals surface area contributed by atoms with E-state index in [2.05, 4.69) is 19.9 Å². The van der Waals surface area contributed by atoms with Crippen LogP contribution in [0.5, 0.6) is 0 Å². The van der Waals surface area contributed by atoms with Gasteiger partial charge in [-0.1, -0.05) is 46.0 Å². The van der Waals surface area contributed by atoms with Gasteiger partial charge in [0.05, 0.1) is 6.07 Å². The van der Waals surface area contributed by atoms with Crippen LogP contribution < -0.4 is 0 Å². The molecule has 0 aromatic rings. The summed E-state index contributed by atoms with van der Waals surface area (Å²) in [5, 5.41) is 9.22. The van der Waals surface area contributed by atoms with Crippen molar-refractivity contribution in [2.75, 3.05) is 0 Å². The molecule has 3 fully saturated rings. The topological polar surface area (TPSA) is 23.8 Å². The van der Waals surface area contributed by atoms with E-state index in [4.69, 9.17) is 0 Å². The first-order valence-corrected chi connectivity index (χ1v) is 11.1. The quantitative estimate of drug-likeness (QED) is 0.499. The number of unbranched alkanes of at least 4 members (excludes halogenated alkanes) is 2. The highest BCUT2D eigenvalue weighted by atomic mass is 14.5. The van der Waals surface area contributed by atoms with Gasteiger partial charge < -0.3 is 0 Å². The number of hydrogen-bond acceptors (Lipinski definition) is 1. The minimum Gasteiger partial charge on any atom is -0.198 e. The predicted molar refractivity (Wildman–Crippen MR) is 101 cm³/mol. The molecule has 3 saturated carbocycles. The molecule has 3 aliphatic rings. The summed E-state index contributed by atoms with van der Waals surface area (Å²) in [6, 6.07) is 2.54. The van der Waals surface area contributed by atoms with Gasteiger partial charge in [-0.05, 0) is 86.9 Å². The van der Waals surface area contributed by atoms with Crippen LogP contribution in [0.15, 0.2) is 0 Å². The molecule has 0 saturated heterocycles. The molecule has 0 N–H and O–H groups in total. The normalized spacial score (nSPS) is 43.0. The number of rotatable bonds is 5. The van der Waals surface area contributed by atoms with Gasteiger partial charge in [-0.15, -0.1) is 0 Å². The van der Waals surface area contributed by atoms with Crippen LogP contribution >= 0.6 is 0 Å². The van der Waals surface area contributed by atoms with Crippen molar-refractivity contribution in [1.29, 1.82) is 5.26 Å². The van der Waals surface area contributed by atoms with Crippen molar-refractivity contribution in [3.63, 3.8) is 0 Å². The van der Waals surface area contributed by atoms with Crippen molar-refractivity contribution in [2.24, 2.45) is 41.4 Å². The Bertz CT molecular complexity index is 422. The van der Waals surface area contributed by atoms with Crippen molar-refractivity contribution >= 4 is 0 Å². The van der Waals surface area contributed by atoms with Crippen molar-refractivity contribution in [1.82, 2.24) is 0 Å². The molecular weight excluding hydrogens is 290 g/mol. The molecule has 7 unspecified atom stereocenters. The first-order chi connectivity index (χ1) is 11.7. The third kappa shape index (κ3) is 4.36. The molecule has 3 aliphatic carbocycles. The zero-order chi connectivity index (χ0) is 16.9. The second-order valence-electron chi connectivity index (χ2n) is 9.55. The van der Waals surface area contributed by atoms with E-state index in [1.807, 2.05) is 0 Å². The fourth-order valence-corrected chi connectivity index (χ4v) is 6.61. The van der Waals surface area contributed by atoms with E-state index < -0.39 is 0 Å². The van der Waals surface area contributed by atoms with Gasteiger partial charge in [0.1, 0.15) is 0 Å². The summed E-state index contributed by atoms with van der Waals surface area (Å²) in [6.45, 7) is 4.88. The molecular formula is C23H39N. The number of nitriles is 1. The Labute approximate surface area is 150 Å². The van der Waals surface area contributed by atoms with E-state index in [9.17, 15) is 5.26 Å². The van der Waals surface area contributed by atoms with Crippen LogP contribution in [0.1, 0.15) is 97.3 Å². The molecule has 0 amide bonds. The Balaban J connectivity index is 1.47. The zero-order valence-electron chi connectivity index (χ0n) is 16.2. The van der Waals surface area contributed by atoms with Gasteiger partial charge in [0.25, 0.3) is 0 Å². The third-order valence-electron chi connectivity index (χ3n) is 8.00. The lowest BCUT2D eigenvalue weighted by atomic mass is 9.59. The fourth-order valence-electron chi connectivity index (χ4n) is 6.61. The minimum absolute atomic E-state index is 0.375. The van der Waals surface area contributed by atoms with Crippen LogP contribution in [-0.2, 0) is 0 Å². The third-order valence-corrected chi connectivity index (χ3v) is 8.00. The van der Waals surface area contributed by atoms with E-state index in [1.54, 1.807) is 0 Å². The molecule has 3 rings (SSSR count). The first kappa shape index (κ1) is 18.3. The van der Waals surface area contributed by atoms with Crippen LogP contribution in [0.25, 0.3) is 0 Å². The van der Waals surface area contributed by atoms with Gasteiger partial charge in [0.15, 0.2) is 0 Å². The van der Waals surface area contributed by atoms with E-state index in [1.165, 1.54) is 83.5 Å². The van der Waals surface area contributed by atoms with Crippen LogP contribution in [0.3, 0.4) is 0 Å². The minimum atomic E-state index is 0.375. The maximum atomic E-state index is 9.22. The zero-order valence-corrected chi connectivity index (χ0v) is 16.2. The highest BCUT2D eigenvalue weighted by molar-refractivity contribution is 4.95. The van der Waals surface area contributed by atoms with E-state index in [0.29, 0.717) is 5.92 Å². The average Bonchev–Trinajstić information content (AvgIpc) is 2.61. The van der Waals surface area contributed by atoms with Gasteiger partial charge in [0, 0.05) is 5.92 Å². The molecule has 0 aromatic carbocycles. The van der Waals surface area contributed by atoms with Gasteiger partial charge >= 0.3 is 0 Å². The summed E-state index contributed by atoms with van der Waals surface area (Å²) >= 11 is 0. The van der Waals surface area contributed by atoms with Gasteiger partial charge in [-0.2, -0.15) is 5.26 Å². The average molecular weight is 330 g/mol. The van der Waals surface area contributed by atoms with Crippen molar-refractivity contribution in [3.8, 4) is 6.07 Å². The van der Waals surface area contributed by atoms with Crippen molar-refractivity contribution < 1.29 is 0 Å². The van der Waals surface area contributed by atoms with Crippen LogP contribution in [0, 0.1) is 52.8 Å². The standard InChI is InChI=1S/C23H39N/c1-3-4-5-6-18-8-12-23(17(2)13-18)22-11-10-20-14-19(16-24)7-9-21(20)15-22/h17-23H,3-15H2,1-2H3. The largest absolute Gasteiger partial charge is 0.198 e. The molecule has 1 heteroatoms. The Hall–Kier alpha value is -0.510. The van der Waals surface area contributed by atoms with Crippen LogP contribution in [-0.4, -0.2) is 0 Å². The molecule has 136 valence electrons. The Morgan fingerprint density at radius 3 is 2.33 bits per heavy atom. The lowest BCUT2D eigenvalue weighted by Crippen LogP contribution is -2.36. The highest BCUT2D eigenvalue weighted by Crippen LogP contribution is 2.50. The summed E-state index contributed by atoms with van der Waals surface area (Å²) in [7, 11) is 0. The molecule has 24 heavy (non-hydrogen) atoms. The number of nitrogens with zero attached hydrogens (tertiary/aromatic N) is 1. The van der Waals surface area contributed by atoms with Crippen molar-refractivity contribution in [3.05, 3.63) is 0 Å². The summed E-state index contributed by atoms with van der Waals surface area (Å²) in [6.07, 6.45) is 18.4. The molecule has 0 heterocycles. The Kier molecular flexibility index (Phi) is 6.65. The molecule has 0 aromatic heterocycles. The smallest absolute Gasteiger partial charge is 0.0655 e. The molecule has 0 radical (unpaired) electrons. The maximum absolute atomic E-state index is 9.22. The summed E-state index contributed by atoms with van der Waals surface area (Å²) < 4.78 is 0. The van der Waals surface area contributed by atoms with Gasteiger partial charge in [-0.3, -0.25) is 0 Å². The van der Waals surface area contributed by atoms with Gasteiger partial charge in [-0.25, -0.2) is 0 Å². The van der Waals surface area contributed by atoms with E-state index in [0.717, 1.165) is 35.5 Å². The summed E-state index contributed by atoms with van der Waals surface area (Å²) in [5.41, 5.74) is 0. The monoisotopic (exact) mass is 329 g/mol. The van der Waals surface area contributed by atoms with Crippen molar-refractivity contribution in [2.45, 2.75) is 97.3 Å². The fraction of sp³-hybridized carbons (Fsp3) is 0.957. The second kappa shape index (κ2) is 8.73. The Morgan fingerprint density at radius 1 is 0.833 bits per heavy atom. The Morgan fingerprint density at radius 2 is 1.58 bits per heavy atom. The van der Waals surface area contributed by atoms with E-state index in [-0.39, 0.29) is 0 Å². The van der Waals surface area contributed by atoms with Crippen LogP contribution in [0.2, 0.25) is 0 Å².